The van der Waals surface area contributed by atoms with Gasteiger partial charge in [-0.05, 0) is 48.9 Å². The van der Waals surface area contributed by atoms with Gasteiger partial charge in [-0.1, -0.05) is 24.3 Å². The van der Waals surface area contributed by atoms with Crippen molar-refractivity contribution in [2.75, 3.05) is 46.0 Å². The molecule has 3 aliphatic heterocycles. The van der Waals surface area contributed by atoms with Gasteiger partial charge < -0.3 is 24.2 Å². The monoisotopic (exact) mass is 466 g/mol. The molecule has 0 radical (unpaired) electrons. The lowest BCUT2D eigenvalue weighted by atomic mass is 10.00. The van der Waals surface area contributed by atoms with Crippen LogP contribution in [0, 0.1) is 0 Å². The van der Waals surface area contributed by atoms with Crippen molar-refractivity contribution in [3.05, 3.63) is 59.2 Å². The Kier molecular flexibility index (Phi) is 7.33. The van der Waals surface area contributed by atoms with E-state index < -0.39 is 6.10 Å². The number of nitrogens with zero attached hydrogens (tertiary/aromatic N) is 2. The smallest absolute Gasteiger partial charge is 0.257 e. The molecule has 0 saturated carbocycles. The molecule has 0 spiro atoms. The van der Waals surface area contributed by atoms with Gasteiger partial charge >= 0.3 is 0 Å². The average Bonchev–Trinajstić information content (AvgIpc) is 3.01. The molecule has 2 aromatic rings. The second kappa shape index (κ2) is 10.8. The molecule has 0 aliphatic carbocycles. The first-order valence-electron chi connectivity index (χ1n) is 12.4. The van der Waals surface area contributed by atoms with Crippen LogP contribution in [0.4, 0.5) is 0 Å². The fourth-order valence-electron chi connectivity index (χ4n) is 5.05. The predicted octanol–water partition coefficient (Wildman–Crippen LogP) is 2.89. The highest BCUT2D eigenvalue weighted by atomic mass is 16.5. The average molecular weight is 467 g/mol. The van der Waals surface area contributed by atoms with Gasteiger partial charge in [0.25, 0.3) is 5.91 Å². The summed E-state index contributed by atoms with van der Waals surface area (Å²) in [4.78, 5) is 17.2. The van der Waals surface area contributed by atoms with Crippen LogP contribution in [-0.2, 0) is 17.7 Å². The first kappa shape index (κ1) is 23.1. The Hall–Kier alpha value is -2.61. The van der Waals surface area contributed by atoms with E-state index in [9.17, 15) is 9.90 Å². The second-order valence-corrected chi connectivity index (χ2v) is 9.46. The van der Waals surface area contributed by atoms with E-state index in [1.165, 1.54) is 17.5 Å². The summed E-state index contributed by atoms with van der Waals surface area (Å²) in [6.45, 7) is 4.72. The molecule has 0 aromatic heterocycles. The highest BCUT2D eigenvalue weighted by Crippen LogP contribution is 2.29. The second-order valence-electron chi connectivity index (χ2n) is 9.46. The van der Waals surface area contributed by atoms with Gasteiger partial charge in [0.15, 0.2) is 0 Å². The highest BCUT2D eigenvalue weighted by molar-refractivity contribution is 5.97. The molecule has 2 aromatic carbocycles. The van der Waals surface area contributed by atoms with Gasteiger partial charge in [0.2, 0.25) is 0 Å². The normalized spacial score (nSPS) is 21.7. The zero-order valence-corrected chi connectivity index (χ0v) is 19.7. The summed E-state index contributed by atoms with van der Waals surface area (Å²) in [7, 11) is 0. The topological polar surface area (TPSA) is 71.5 Å². The lowest BCUT2D eigenvalue weighted by molar-refractivity contribution is -0.0111. The zero-order valence-electron chi connectivity index (χ0n) is 19.7. The van der Waals surface area contributed by atoms with Crippen molar-refractivity contribution in [1.29, 1.82) is 0 Å². The highest BCUT2D eigenvalue weighted by Gasteiger charge is 2.27. The molecular weight excluding hydrogens is 432 g/mol. The Balaban J connectivity index is 1.17. The summed E-state index contributed by atoms with van der Waals surface area (Å²) < 4.78 is 17.5. The number of hydrogen-bond donors (Lipinski definition) is 1. The molecule has 3 heterocycles. The number of rotatable bonds is 7. The minimum atomic E-state index is -0.617. The fraction of sp³-hybridized carbons (Fsp3) is 0.519. The van der Waals surface area contributed by atoms with Crippen LogP contribution >= 0.6 is 0 Å². The maximum atomic E-state index is 13.2. The van der Waals surface area contributed by atoms with E-state index in [4.69, 9.17) is 14.2 Å². The maximum Gasteiger partial charge on any atom is 0.257 e. The van der Waals surface area contributed by atoms with Crippen molar-refractivity contribution >= 4 is 5.91 Å². The quantitative estimate of drug-likeness (QED) is 0.677. The summed E-state index contributed by atoms with van der Waals surface area (Å²) in [5, 5.41) is 10.8. The minimum Gasteiger partial charge on any atom is -0.491 e. The number of ether oxygens (including phenoxy) is 3. The number of aliphatic hydroxyl groups excluding tert-OH is 1. The lowest BCUT2D eigenvalue weighted by Crippen LogP contribution is -2.44. The van der Waals surface area contributed by atoms with Gasteiger partial charge in [-0.3, -0.25) is 9.69 Å². The summed E-state index contributed by atoms with van der Waals surface area (Å²) in [6, 6.07) is 13.8. The Morgan fingerprint density at radius 1 is 1.06 bits per heavy atom. The Morgan fingerprint density at radius 3 is 2.79 bits per heavy atom. The number of carbonyl (C=O) groups is 1. The molecular formula is C27H34N2O5. The van der Waals surface area contributed by atoms with E-state index in [0.29, 0.717) is 43.4 Å². The molecule has 2 atom stereocenters. The fourth-order valence-corrected chi connectivity index (χ4v) is 5.05. The molecule has 1 N–H and O–H groups in total. The van der Waals surface area contributed by atoms with Gasteiger partial charge in [-0.25, -0.2) is 0 Å². The van der Waals surface area contributed by atoms with Crippen LogP contribution in [0.3, 0.4) is 0 Å². The summed E-state index contributed by atoms with van der Waals surface area (Å²) in [5.74, 6) is 1.11. The Morgan fingerprint density at radius 2 is 1.94 bits per heavy atom. The van der Waals surface area contributed by atoms with E-state index in [1.54, 1.807) is 17.0 Å². The van der Waals surface area contributed by atoms with Crippen LogP contribution in [0.5, 0.6) is 11.5 Å². The van der Waals surface area contributed by atoms with Crippen LogP contribution in [0.2, 0.25) is 0 Å². The number of fused-ring (bicyclic) bond motifs is 2. The molecule has 5 rings (SSSR count). The number of benzene rings is 2. The maximum absolute atomic E-state index is 13.2. The molecule has 182 valence electrons. The van der Waals surface area contributed by atoms with Crippen molar-refractivity contribution in [3.8, 4) is 11.5 Å². The van der Waals surface area contributed by atoms with Crippen LogP contribution < -0.4 is 9.47 Å². The summed E-state index contributed by atoms with van der Waals surface area (Å²) >= 11 is 0. The van der Waals surface area contributed by atoms with Gasteiger partial charge in [0.05, 0.1) is 24.3 Å². The first-order valence-corrected chi connectivity index (χ1v) is 12.4. The molecule has 3 aliphatic rings. The van der Waals surface area contributed by atoms with E-state index >= 15 is 0 Å². The van der Waals surface area contributed by atoms with E-state index in [-0.39, 0.29) is 18.6 Å². The Labute approximate surface area is 201 Å². The Bertz CT molecular complexity index is 991. The third-order valence-corrected chi connectivity index (χ3v) is 6.91. The molecule has 34 heavy (non-hydrogen) atoms. The standard InChI is InChI=1S/C27H34N2O5/c30-22(17-28-11-10-20-5-1-2-6-21(20)16-28)18-29-12-14-33-26-15-23(8-9-25(26)27(29)31)34-19-24-7-3-4-13-32-24/h1-2,5-6,8-9,15,22,24,30H,3-4,7,10-14,16-19H2/t22-,24?/m1/s1. The molecule has 0 bridgehead atoms. The van der Waals surface area contributed by atoms with Crippen LogP contribution in [0.25, 0.3) is 0 Å². The van der Waals surface area contributed by atoms with Gasteiger partial charge in [0.1, 0.15) is 24.7 Å². The number of β-amino-alcohol motifs (C(OH)–C–C–N with tert-alkyl or cyclic N) is 1. The molecule has 7 heteroatoms. The van der Waals surface area contributed by atoms with Gasteiger partial charge in [-0.2, -0.15) is 0 Å². The molecule has 1 fully saturated rings. The zero-order chi connectivity index (χ0) is 23.3. The lowest BCUT2D eigenvalue weighted by Gasteiger charge is -2.32. The molecule has 7 nitrogen and oxygen atoms in total. The van der Waals surface area contributed by atoms with Gasteiger partial charge in [-0.15, -0.1) is 0 Å². The molecule has 1 saturated heterocycles. The van der Waals surface area contributed by atoms with E-state index in [0.717, 1.165) is 39.0 Å². The third kappa shape index (κ3) is 5.54. The van der Waals surface area contributed by atoms with Crippen molar-refractivity contribution in [2.24, 2.45) is 0 Å². The third-order valence-electron chi connectivity index (χ3n) is 6.91. The number of amides is 1. The minimum absolute atomic E-state index is 0.113. The van der Waals surface area contributed by atoms with Crippen LogP contribution in [0.15, 0.2) is 42.5 Å². The molecule has 1 unspecified atom stereocenters. The van der Waals surface area contributed by atoms with Crippen molar-refractivity contribution < 1.29 is 24.1 Å². The molecule has 1 amide bonds. The number of hydrogen-bond acceptors (Lipinski definition) is 6. The number of aliphatic hydroxyl groups is 1. The largest absolute Gasteiger partial charge is 0.491 e. The summed E-state index contributed by atoms with van der Waals surface area (Å²) in [5.41, 5.74) is 3.22. The summed E-state index contributed by atoms with van der Waals surface area (Å²) in [6.07, 6.45) is 3.80. The van der Waals surface area contributed by atoms with Gasteiger partial charge in [0, 0.05) is 38.9 Å². The first-order chi connectivity index (χ1) is 16.7. The van der Waals surface area contributed by atoms with Crippen molar-refractivity contribution in [1.82, 2.24) is 9.80 Å². The van der Waals surface area contributed by atoms with Crippen molar-refractivity contribution in [3.63, 3.8) is 0 Å². The SMILES string of the molecule is O=C1c2ccc(OCC3CCCCO3)cc2OCCN1C[C@H](O)CN1CCc2ccccc2C1. The van der Waals surface area contributed by atoms with Crippen LogP contribution in [-0.4, -0.2) is 79.0 Å². The van der Waals surface area contributed by atoms with E-state index in [1.807, 2.05) is 6.07 Å². The number of carbonyl (C=O) groups excluding carboxylic acids is 1. The van der Waals surface area contributed by atoms with Crippen LogP contribution in [0.1, 0.15) is 40.7 Å². The van der Waals surface area contributed by atoms with E-state index in [2.05, 4.69) is 29.2 Å². The predicted molar refractivity (Wildman–Crippen MR) is 128 cm³/mol. The van der Waals surface area contributed by atoms with Crippen molar-refractivity contribution in [2.45, 2.75) is 44.4 Å².